The van der Waals surface area contributed by atoms with Crippen LogP contribution in [0.5, 0.6) is 0 Å². The second kappa shape index (κ2) is 11.6. The zero-order valence-electron chi connectivity index (χ0n) is 7.45. The monoisotopic (exact) mass is 284 g/mol. The third kappa shape index (κ3) is 10.6. The van der Waals surface area contributed by atoms with Crippen LogP contribution in [-0.4, -0.2) is 69.7 Å². The van der Waals surface area contributed by atoms with E-state index in [1.54, 1.807) is 7.11 Å². The van der Waals surface area contributed by atoms with Gasteiger partial charge in [-0.05, 0) is 0 Å². The van der Waals surface area contributed by atoms with Crippen LogP contribution in [0.3, 0.4) is 0 Å². The fourth-order valence-electron chi connectivity index (χ4n) is 0.571. The molecule has 0 atom stereocenters. The van der Waals surface area contributed by atoms with Gasteiger partial charge >= 0.3 is 87.0 Å². The predicted octanol–water partition coefficient (Wildman–Crippen LogP) is -0.502. The summed E-state index contributed by atoms with van der Waals surface area (Å²) in [6, 6.07) is 0. The Labute approximate surface area is 87.1 Å². The van der Waals surface area contributed by atoms with Crippen LogP contribution in [-0.2, 0) is 17.3 Å². The quantitative estimate of drug-likeness (QED) is 0.422. The van der Waals surface area contributed by atoms with Crippen LogP contribution in [0.4, 0.5) is 0 Å². The van der Waals surface area contributed by atoms with Crippen LogP contribution in [0, 0.1) is 0 Å². The minimum absolute atomic E-state index is 0.629. The molecule has 0 saturated carbocycles. The maximum absolute atomic E-state index is 5.18. The number of hydrogen-bond donors (Lipinski definition) is 0. The molecule has 0 bridgehead atoms. The fraction of sp³-hybridized carbons (Fsp3) is 1.00. The standard InChI is InChI=1S/C7H15O4.Sn.H/c1-9-4-5-11-7-6-10-3-2-8;;/h2-7H2,1H3;;/q-1;+1;. The molecule has 0 aliphatic heterocycles. The summed E-state index contributed by atoms with van der Waals surface area (Å²) in [4.78, 5) is 0. The van der Waals surface area contributed by atoms with Gasteiger partial charge < -0.3 is 0 Å². The Kier molecular flexibility index (Phi) is 12.3. The summed E-state index contributed by atoms with van der Waals surface area (Å²) < 4.78 is 20.1. The van der Waals surface area contributed by atoms with E-state index in [0.717, 1.165) is 22.9 Å². The van der Waals surface area contributed by atoms with E-state index in [2.05, 4.69) is 0 Å². The van der Waals surface area contributed by atoms with Gasteiger partial charge in [0.05, 0.1) is 0 Å². The third-order valence-electron chi connectivity index (χ3n) is 1.15. The van der Waals surface area contributed by atoms with Gasteiger partial charge in [0.15, 0.2) is 0 Å². The van der Waals surface area contributed by atoms with Crippen molar-refractivity contribution < 1.29 is 17.3 Å². The normalized spacial score (nSPS) is 10.5. The van der Waals surface area contributed by atoms with E-state index in [1.807, 2.05) is 0 Å². The van der Waals surface area contributed by atoms with E-state index in [0.29, 0.717) is 39.6 Å². The first-order valence-electron chi connectivity index (χ1n) is 3.88. The molecule has 0 aromatic rings. The maximum atomic E-state index is 5.18. The molecule has 0 unspecified atom stereocenters. The predicted molar refractivity (Wildman–Crippen MR) is 46.6 cm³/mol. The number of ether oxygens (including phenoxy) is 3. The molecule has 0 saturated heterocycles. The summed E-state index contributed by atoms with van der Waals surface area (Å²) in [6.45, 7) is 3.90. The zero-order valence-corrected chi connectivity index (χ0v) is 10.7. The molecular weight excluding hydrogens is 267 g/mol. The molecule has 4 nitrogen and oxygen atoms in total. The molecule has 0 aliphatic rings. The Morgan fingerprint density at radius 3 is 1.83 bits per heavy atom. The SMILES string of the molecule is COCCOCCOCC[O][SnH]. The number of rotatable bonds is 9. The van der Waals surface area contributed by atoms with Gasteiger partial charge in [-0.2, -0.15) is 0 Å². The molecule has 0 amide bonds. The van der Waals surface area contributed by atoms with Crippen molar-refractivity contribution in [3.05, 3.63) is 0 Å². The summed E-state index contributed by atoms with van der Waals surface area (Å²) in [5, 5.41) is 0. The Morgan fingerprint density at radius 2 is 1.33 bits per heavy atom. The van der Waals surface area contributed by atoms with Gasteiger partial charge in [-0.15, -0.1) is 0 Å². The Morgan fingerprint density at radius 1 is 0.833 bits per heavy atom. The van der Waals surface area contributed by atoms with Crippen molar-refractivity contribution in [2.45, 2.75) is 0 Å². The van der Waals surface area contributed by atoms with Gasteiger partial charge in [0.2, 0.25) is 0 Å². The number of methoxy groups -OCH3 is 1. The molecule has 5 heteroatoms. The van der Waals surface area contributed by atoms with Crippen molar-refractivity contribution >= 4 is 22.9 Å². The number of hydrogen-bond acceptors (Lipinski definition) is 4. The van der Waals surface area contributed by atoms with E-state index >= 15 is 0 Å². The molecule has 0 aliphatic carbocycles. The summed E-state index contributed by atoms with van der Waals surface area (Å²) >= 11 is 0.837. The molecule has 0 N–H and O–H groups in total. The Balaban J connectivity index is 2.73. The second-order valence-electron chi connectivity index (χ2n) is 2.09. The molecular formula is C7H16O4Sn. The van der Waals surface area contributed by atoms with E-state index in [4.69, 9.17) is 17.3 Å². The van der Waals surface area contributed by atoms with Crippen molar-refractivity contribution in [3.8, 4) is 0 Å². The zero-order chi connectivity index (χ0) is 9.07. The van der Waals surface area contributed by atoms with Gasteiger partial charge in [0.1, 0.15) is 0 Å². The second-order valence-corrected chi connectivity index (χ2v) is 3.04. The molecule has 0 fully saturated rings. The van der Waals surface area contributed by atoms with Gasteiger partial charge in [0.25, 0.3) is 0 Å². The van der Waals surface area contributed by atoms with E-state index in [-0.39, 0.29) is 0 Å². The van der Waals surface area contributed by atoms with Gasteiger partial charge in [-0.3, -0.25) is 0 Å². The average molecular weight is 283 g/mol. The summed E-state index contributed by atoms with van der Waals surface area (Å²) in [7, 11) is 1.65. The molecule has 72 valence electrons. The van der Waals surface area contributed by atoms with Gasteiger partial charge in [-0.25, -0.2) is 0 Å². The van der Waals surface area contributed by atoms with Crippen molar-refractivity contribution in [1.82, 2.24) is 0 Å². The summed E-state index contributed by atoms with van der Waals surface area (Å²) in [5.41, 5.74) is 0. The summed E-state index contributed by atoms with van der Waals surface area (Å²) in [6.07, 6.45) is 0. The Hall–Kier alpha value is 0.639. The molecule has 0 spiro atoms. The van der Waals surface area contributed by atoms with Crippen LogP contribution in [0.1, 0.15) is 0 Å². The summed E-state index contributed by atoms with van der Waals surface area (Å²) in [5.74, 6) is 0. The first-order valence-corrected chi connectivity index (χ1v) is 5.22. The van der Waals surface area contributed by atoms with Gasteiger partial charge in [-0.1, -0.05) is 0 Å². The molecule has 0 aromatic carbocycles. The fourth-order valence-corrected chi connectivity index (χ4v) is 0.846. The third-order valence-corrected chi connectivity index (χ3v) is 1.82. The average Bonchev–Trinajstić information content (AvgIpc) is 2.10. The van der Waals surface area contributed by atoms with E-state index in [1.165, 1.54) is 0 Å². The van der Waals surface area contributed by atoms with Crippen LogP contribution in [0.25, 0.3) is 0 Å². The van der Waals surface area contributed by atoms with E-state index < -0.39 is 0 Å². The Bertz CT molecular complexity index is 71.8. The van der Waals surface area contributed by atoms with Crippen LogP contribution in [0.2, 0.25) is 0 Å². The van der Waals surface area contributed by atoms with Crippen molar-refractivity contribution in [1.29, 1.82) is 0 Å². The first kappa shape index (κ1) is 12.6. The molecule has 2 radical (unpaired) electrons. The van der Waals surface area contributed by atoms with Crippen molar-refractivity contribution in [2.75, 3.05) is 46.8 Å². The molecule has 0 aromatic heterocycles. The molecule has 0 rings (SSSR count). The van der Waals surface area contributed by atoms with Crippen LogP contribution in [0.15, 0.2) is 0 Å². The first-order chi connectivity index (χ1) is 5.91. The van der Waals surface area contributed by atoms with Crippen LogP contribution < -0.4 is 0 Å². The van der Waals surface area contributed by atoms with Crippen molar-refractivity contribution in [3.63, 3.8) is 0 Å². The van der Waals surface area contributed by atoms with Crippen LogP contribution >= 0.6 is 0 Å². The van der Waals surface area contributed by atoms with Crippen molar-refractivity contribution in [2.24, 2.45) is 0 Å². The minimum atomic E-state index is 0.629. The van der Waals surface area contributed by atoms with Gasteiger partial charge in [0, 0.05) is 0 Å². The molecule has 12 heavy (non-hydrogen) atoms. The molecule has 0 heterocycles. The topological polar surface area (TPSA) is 36.9 Å². The van der Waals surface area contributed by atoms with E-state index in [9.17, 15) is 0 Å².